The maximum Gasteiger partial charge on any atom is 0.244 e. The molecule has 0 atom stereocenters. The molecule has 2 N–H and O–H groups in total. The molecule has 2 saturated carbocycles. The van der Waals surface area contributed by atoms with Crippen LogP contribution in [0.5, 0.6) is 0 Å². The van der Waals surface area contributed by atoms with Gasteiger partial charge in [-0.05, 0) is 65.6 Å². The number of sulfonamides is 1. The summed E-state index contributed by atoms with van der Waals surface area (Å²) in [6, 6.07) is 3.03. The van der Waals surface area contributed by atoms with Gasteiger partial charge in [0.2, 0.25) is 10.0 Å². The molecule has 0 amide bonds. The molecule has 3 rings (SSSR count). The first-order chi connectivity index (χ1) is 9.88. The van der Waals surface area contributed by atoms with E-state index >= 15 is 0 Å². The molecule has 0 bridgehead atoms. The van der Waals surface area contributed by atoms with Gasteiger partial charge in [0.1, 0.15) is 0 Å². The summed E-state index contributed by atoms with van der Waals surface area (Å²) in [5, 5.41) is 0.340. The van der Waals surface area contributed by atoms with Crippen molar-refractivity contribution in [2.45, 2.75) is 30.6 Å². The van der Waals surface area contributed by atoms with E-state index in [9.17, 15) is 8.42 Å². The third-order valence-electron chi connectivity index (χ3n) is 3.97. The van der Waals surface area contributed by atoms with Gasteiger partial charge in [-0.25, -0.2) is 8.42 Å². The Morgan fingerprint density at radius 1 is 1.19 bits per heavy atom. The standard InChI is InChI=1S/C14H18BrClN2O2S/c15-14-12(17)5-11(16)6-13(14)21(19,20)18(7-9-1-2-9)8-10-3-4-10/h5-6,9-10H,1-4,7-8,17H2. The molecule has 0 heterocycles. The van der Waals surface area contributed by atoms with E-state index in [0.29, 0.717) is 40.1 Å². The summed E-state index contributed by atoms with van der Waals surface area (Å²) in [4.78, 5) is 0.175. The Hall–Kier alpha value is -0.300. The van der Waals surface area contributed by atoms with Gasteiger partial charge in [0.25, 0.3) is 0 Å². The molecule has 0 unspecified atom stereocenters. The van der Waals surface area contributed by atoms with E-state index in [1.807, 2.05) is 0 Å². The predicted octanol–water partition coefficient (Wildman–Crippen LogP) is 3.50. The highest BCUT2D eigenvalue weighted by molar-refractivity contribution is 9.10. The van der Waals surface area contributed by atoms with Crippen LogP contribution in [-0.4, -0.2) is 25.8 Å². The fraction of sp³-hybridized carbons (Fsp3) is 0.571. The summed E-state index contributed by atoms with van der Waals surface area (Å²) in [7, 11) is -3.56. The number of hydrogen-bond acceptors (Lipinski definition) is 3. The molecule has 2 aliphatic carbocycles. The summed E-state index contributed by atoms with van der Waals surface area (Å²) in [5.74, 6) is 1.02. The fourth-order valence-electron chi connectivity index (χ4n) is 2.36. The van der Waals surface area contributed by atoms with E-state index < -0.39 is 10.0 Å². The molecular formula is C14H18BrClN2O2S. The minimum atomic E-state index is -3.56. The van der Waals surface area contributed by atoms with E-state index in [4.69, 9.17) is 17.3 Å². The largest absolute Gasteiger partial charge is 0.398 e. The van der Waals surface area contributed by atoms with Crippen molar-refractivity contribution in [2.24, 2.45) is 11.8 Å². The molecular weight excluding hydrogens is 376 g/mol. The Morgan fingerprint density at radius 2 is 1.71 bits per heavy atom. The van der Waals surface area contributed by atoms with Gasteiger partial charge < -0.3 is 5.73 Å². The van der Waals surface area contributed by atoms with Crippen LogP contribution in [0.2, 0.25) is 5.02 Å². The number of nitrogens with zero attached hydrogens (tertiary/aromatic N) is 1. The topological polar surface area (TPSA) is 63.4 Å². The smallest absolute Gasteiger partial charge is 0.244 e. The quantitative estimate of drug-likeness (QED) is 0.752. The number of rotatable bonds is 6. The van der Waals surface area contributed by atoms with Gasteiger partial charge in [-0.3, -0.25) is 0 Å². The second kappa shape index (κ2) is 5.72. The minimum Gasteiger partial charge on any atom is -0.398 e. The maximum atomic E-state index is 13.0. The zero-order valence-corrected chi connectivity index (χ0v) is 14.7. The van der Waals surface area contributed by atoms with Crippen molar-refractivity contribution >= 4 is 43.2 Å². The molecule has 0 saturated heterocycles. The Morgan fingerprint density at radius 3 is 2.19 bits per heavy atom. The van der Waals surface area contributed by atoms with Gasteiger partial charge in [-0.1, -0.05) is 11.6 Å². The Kier molecular flexibility index (Phi) is 4.25. The summed E-state index contributed by atoms with van der Waals surface area (Å²) < 4.78 is 28.0. The zero-order valence-electron chi connectivity index (χ0n) is 11.6. The lowest BCUT2D eigenvalue weighted by Gasteiger charge is -2.23. The minimum absolute atomic E-state index is 0.175. The first-order valence-electron chi connectivity index (χ1n) is 7.12. The first kappa shape index (κ1) is 15.6. The van der Waals surface area contributed by atoms with Crippen LogP contribution in [0.1, 0.15) is 25.7 Å². The highest BCUT2D eigenvalue weighted by Gasteiger charge is 2.36. The van der Waals surface area contributed by atoms with Crippen molar-refractivity contribution in [1.82, 2.24) is 4.31 Å². The summed E-state index contributed by atoms with van der Waals surface area (Å²) in [5.41, 5.74) is 6.18. The summed E-state index contributed by atoms with van der Waals surface area (Å²) >= 11 is 9.28. The van der Waals surface area contributed by atoms with Crippen molar-refractivity contribution in [3.8, 4) is 0 Å². The Bertz CT molecular complexity index is 643. The van der Waals surface area contributed by atoms with Crippen molar-refractivity contribution < 1.29 is 8.42 Å². The van der Waals surface area contributed by atoms with Crippen LogP contribution in [0, 0.1) is 11.8 Å². The lowest BCUT2D eigenvalue weighted by molar-refractivity contribution is 0.382. The molecule has 7 heteroatoms. The van der Waals surface area contributed by atoms with Gasteiger partial charge in [0, 0.05) is 23.8 Å². The van der Waals surface area contributed by atoms with E-state index in [2.05, 4.69) is 15.9 Å². The molecule has 2 fully saturated rings. The van der Waals surface area contributed by atoms with Gasteiger partial charge in [-0.2, -0.15) is 4.31 Å². The Labute approximate surface area is 138 Å². The summed E-state index contributed by atoms with van der Waals surface area (Å²) in [6.07, 6.45) is 4.48. The number of nitrogens with two attached hydrogens (primary N) is 1. The van der Waals surface area contributed by atoms with Crippen LogP contribution in [0.4, 0.5) is 5.69 Å². The highest BCUT2D eigenvalue weighted by atomic mass is 79.9. The third-order valence-corrected chi connectivity index (χ3v) is 7.19. The fourth-order valence-corrected chi connectivity index (χ4v) is 5.21. The lowest BCUT2D eigenvalue weighted by atomic mass is 10.3. The second-order valence-electron chi connectivity index (χ2n) is 6.02. The SMILES string of the molecule is Nc1cc(Cl)cc(S(=O)(=O)N(CC2CC2)CC2CC2)c1Br. The van der Waals surface area contributed by atoms with Gasteiger partial charge in [0.15, 0.2) is 0 Å². The van der Waals surface area contributed by atoms with Gasteiger partial charge in [0.05, 0.1) is 9.37 Å². The second-order valence-corrected chi connectivity index (χ2v) is 9.15. The number of halogens is 2. The number of nitrogen functional groups attached to an aromatic ring is 1. The molecule has 0 aromatic heterocycles. The molecule has 4 nitrogen and oxygen atoms in total. The van der Waals surface area contributed by atoms with Crippen molar-refractivity contribution in [3.63, 3.8) is 0 Å². The van der Waals surface area contributed by atoms with E-state index in [-0.39, 0.29) is 4.90 Å². The molecule has 0 radical (unpaired) electrons. The molecule has 0 spiro atoms. The normalized spacial score (nSPS) is 19.2. The molecule has 116 valence electrons. The van der Waals surface area contributed by atoms with Crippen LogP contribution in [0.3, 0.4) is 0 Å². The van der Waals surface area contributed by atoms with E-state index in [0.717, 1.165) is 25.7 Å². The van der Waals surface area contributed by atoms with Crippen LogP contribution >= 0.6 is 27.5 Å². The molecule has 1 aromatic rings. The average Bonchev–Trinajstić information content (AvgIpc) is 3.27. The highest BCUT2D eigenvalue weighted by Crippen LogP contribution is 2.38. The number of anilines is 1. The lowest BCUT2D eigenvalue weighted by Crippen LogP contribution is -2.35. The molecule has 1 aromatic carbocycles. The predicted molar refractivity (Wildman–Crippen MR) is 87.8 cm³/mol. The van der Waals surface area contributed by atoms with Crippen LogP contribution in [0.25, 0.3) is 0 Å². The van der Waals surface area contributed by atoms with Crippen molar-refractivity contribution in [2.75, 3.05) is 18.8 Å². The van der Waals surface area contributed by atoms with Crippen LogP contribution < -0.4 is 5.73 Å². The number of hydrogen-bond donors (Lipinski definition) is 1. The van der Waals surface area contributed by atoms with Crippen molar-refractivity contribution in [1.29, 1.82) is 0 Å². The third kappa shape index (κ3) is 3.55. The van der Waals surface area contributed by atoms with Crippen molar-refractivity contribution in [3.05, 3.63) is 21.6 Å². The van der Waals surface area contributed by atoms with Gasteiger partial charge >= 0.3 is 0 Å². The number of benzene rings is 1. The Balaban J connectivity index is 1.95. The zero-order chi connectivity index (χ0) is 15.2. The monoisotopic (exact) mass is 392 g/mol. The van der Waals surface area contributed by atoms with Crippen LogP contribution in [-0.2, 0) is 10.0 Å². The van der Waals surface area contributed by atoms with Gasteiger partial charge in [-0.15, -0.1) is 0 Å². The molecule has 0 aliphatic heterocycles. The van der Waals surface area contributed by atoms with Crippen LogP contribution in [0.15, 0.2) is 21.5 Å². The van der Waals surface area contributed by atoms with E-state index in [1.165, 1.54) is 6.07 Å². The molecule has 2 aliphatic rings. The first-order valence-corrected chi connectivity index (χ1v) is 9.73. The molecule has 21 heavy (non-hydrogen) atoms. The summed E-state index contributed by atoms with van der Waals surface area (Å²) in [6.45, 7) is 1.22. The van der Waals surface area contributed by atoms with E-state index in [1.54, 1.807) is 10.4 Å². The maximum absolute atomic E-state index is 13.0. The average molecular weight is 394 g/mol.